The smallest absolute Gasteiger partial charge is 0.248 e. The molecule has 0 bridgehead atoms. The standard InChI is InChI=1S/C18H24N4O3/c1-18(2)11-15(23)22(17(20)21-18)14(8-5-9-25-3)12-6-4-7-13(10-12)16(19)24/h4-8,10,14H,9,11H2,1-3H3,(H2,19,24)(H2,20,21)/b8-5+. The fourth-order valence-corrected chi connectivity index (χ4v) is 2.81. The van der Waals surface area contributed by atoms with Crippen molar-refractivity contribution < 1.29 is 14.3 Å². The van der Waals surface area contributed by atoms with Crippen molar-refractivity contribution in [3.63, 3.8) is 0 Å². The number of nitrogens with one attached hydrogen (secondary N) is 2. The first-order valence-electron chi connectivity index (χ1n) is 7.99. The molecule has 0 radical (unpaired) electrons. The van der Waals surface area contributed by atoms with E-state index in [-0.39, 0.29) is 18.3 Å². The Morgan fingerprint density at radius 3 is 2.84 bits per heavy atom. The van der Waals surface area contributed by atoms with Crippen molar-refractivity contribution in [2.75, 3.05) is 13.7 Å². The Hall–Kier alpha value is -2.67. The molecule has 1 fully saturated rings. The van der Waals surface area contributed by atoms with Gasteiger partial charge in [0, 0.05) is 24.6 Å². The normalized spacial score (nSPS) is 18.3. The van der Waals surface area contributed by atoms with Gasteiger partial charge in [0.15, 0.2) is 5.96 Å². The fraction of sp³-hybridized carbons (Fsp3) is 0.389. The third-order valence-electron chi connectivity index (χ3n) is 3.93. The second-order valence-electron chi connectivity index (χ2n) is 6.62. The van der Waals surface area contributed by atoms with E-state index in [1.807, 2.05) is 13.8 Å². The molecule has 1 saturated heterocycles. The molecule has 1 aromatic carbocycles. The van der Waals surface area contributed by atoms with E-state index in [1.165, 1.54) is 4.90 Å². The van der Waals surface area contributed by atoms with E-state index < -0.39 is 17.5 Å². The molecular weight excluding hydrogens is 320 g/mol. The van der Waals surface area contributed by atoms with Crippen LogP contribution in [0.25, 0.3) is 0 Å². The number of carbonyl (C=O) groups is 2. The molecule has 134 valence electrons. The fourth-order valence-electron chi connectivity index (χ4n) is 2.81. The molecule has 4 N–H and O–H groups in total. The highest BCUT2D eigenvalue weighted by atomic mass is 16.5. The number of nitrogens with two attached hydrogens (primary N) is 1. The van der Waals surface area contributed by atoms with Crippen LogP contribution >= 0.6 is 0 Å². The molecule has 1 atom stereocenters. The van der Waals surface area contributed by atoms with E-state index in [0.29, 0.717) is 17.7 Å². The van der Waals surface area contributed by atoms with Gasteiger partial charge in [-0.05, 0) is 31.5 Å². The predicted octanol–water partition coefficient (Wildman–Crippen LogP) is 1.56. The number of nitrogens with zero attached hydrogens (tertiary/aromatic N) is 1. The molecule has 0 saturated carbocycles. The number of carbonyl (C=O) groups excluding carboxylic acids is 2. The van der Waals surface area contributed by atoms with Gasteiger partial charge in [0.25, 0.3) is 0 Å². The lowest BCUT2D eigenvalue weighted by Gasteiger charge is -2.41. The van der Waals surface area contributed by atoms with Gasteiger partial charge in [0.2, 0.25) is 11.8 Å². The maximum atomic E-state index is 12.7. The molecule has 7 nitrogen and oxygen atoms in total. The minimum absolute atomic E-state index is 0.0257. The van der Waals surface area contributed by atoms with Crippen molar-refractivity contribution in [3.8, 4) is 0 Å². The average Bonchev–Trinajstić information content (AvgIpc) is 2.52. The maximum Gasteiger partial charge on any atom is 0.248 e. The Labute approximate surface area is 147 Å². The van der Waals surface area contributed by atoms with Gasteiger partial charge in [-0.2, -0.15) is 0 Å². The number of rotatable bonds is 6. The largest absolute Gasteiger partial charge is 0.381 e. The number of guanidine groups is 1. The maximum absolute atomic E-state index is 12.7. The van der Waals surface area contributed by atoms with Crippen LogP contribution in [-0.4, -0.2) is 41.9 Å². The number of benzene rings is 1. The van der Waals surface area contributed by atoms with Gasteiger partial charge in [-0.25, -0.2) is 0 Å². The summed E-state index contributed by atoms with van der Waals surface area (Å²) in [6, 6.07) is 6.24. The lowest BCUT2D eigenvalue weighted by Crippen LogP contribution is -2.60. The minimum atomic E-state index is -0.541. The van der Waals surface area contributed by atoms with Crippen molar-refractivity contribution in [2.45, 2.75) is 31.8 Å². The summed E-state index contributed by atoms with van der Waals surface area (Å²) in [6.07, 6.45) is 3.83. The first kappa shape index (κ1) is 18.7. The van der Waals surface area contributed by atoms with Crippen LogP contribution in [0.3, 0.4) is 0 Å². The topological polar surface area (TPSA) is 109 Å². The Bertz CT molecular complexity index is 692. The van der Waals surface area contributed by atoms with E-state index in [0.717, 1.165) is 0 Å². The second kappa shape index (κ2) is 7.48. The van der Waals surface area contributed by atoms with E-state index in [9.17, 15) is 9.59 Å². The molecular formula is C18H24N4O3. The Balaban J connectivity index is 2.43. The molecule has 0 aromatic heterocycles. The minimum Gasteiger partial charge on any atom is -0.381 e. The molecule has 1 heterocycles. The summed E-state index contributed by atoms with van der Waals surface area (Å²) < 4.78 is 5.03. The molecule has 2 amide bonds. The summed E-state index contributed by atoms with van der Waals surface area (Å²) in [5, 5.41) is 11.3. The third-order valence-corrected chi connectivity index (χ3v) is 3.93. The van der Waals surface area contributed by atoms with Gasteiger partial charge >= 0.3 is 0 Å². The molecule has 7 heteroatoms. The van der Waals surface area contributed by atoms with Crippen molar-refractivity contribution in [1.29, 1.82) is 5.41 Å². The zero-order valence-corrected chi connectivity index (χ0v) is 14.7. The quantitative estimate of drug-likeness (QED) is 0.681. The average molecular weight is 344 g/mol. The Morgan fingerprint density at radius 2 is 2.24 bits per heavy atom. The van der Waals surface area contributed by atoms with Crippen LogP contribution in [0.1, 0.15) is 42.2 Å². The summed E-state index contributed by atoms with van der Waals surface area (Å²) in [5.41, 5.74) is 5.94. The SMILES string of the molecule is COC/C=C/C(c1cccc(C(N)=O)c1)N1C(=N)NC(C)(C)CC1=O. The van der Waals surface area contributed by atoms with Gasteiger partial charge < -0.3 is 15.8 Å². The van der Waals surface area contributed by atoms with Gasteiger partial charge in [-0.3, -0.25) is 19.9 Å². The van der Waals surface area contributed by atoms with Crippen LogP contribution < -0.4 is 11.1 Å². The monoisotopic (exact) mass is 344 g/mol. The number of ether oxygens (including phenoxy) is 1. The van der Waals surface area contributed by atoms with Gasteiger partial charge in [0.1, 0.15) is 0 Å². The van der Waals surface area contributed by atoms with E-state index in [1.54, 1.807) is 43.5 Å². The van der Waals surface area contributed by atoms with E-state index in [2.05, 4.69) is 5.32 Å². The van der Waals surface area contributed by atoms with Crippen LogP contribution in [0.4, 0.5) is 0 Å². The number of amides is 2. The second-order valence-corrected chi connectivity index (χ2v) is 6.62. The highest BCUT2D eigenvalue weighted by Gasteiger charge is 2.38. The van der Waals surface area contributed by atoms with Gasteiger partial charge in [0.05, 0.1) is 12.6 Å². The Morgan fingerprint density at radius 1 is 1.52 bits per heavy atom. The summed E-state index contributed by atoms with van der Waals surface area (Å²) >= 11 is 0. The molecule has 1 aliphatic rings. The number of hydrogen-bond acceptors (Lipinski definition) is 4. The number of hydrogen-bond donors (Lipinski definition) is 3. The lowest BCUT2D eigenvalue weighted by atomic mass is 9.94. The molecule has 1 aliphatic heterocycles. The zero-order valence-electron chi connectivity index (χ0n) is 14.7. The lowest BCUT2D eigenvalue weighted by molar-refractivity contribution is -0.131. The van der Waals surface area contributed by atoms with Crippen molar-refractivity contribution in [1.82, 2.24) is 10.2 Å². The highest BCUT2D eigenvalue weighted by Crippen LogP contribution is 2.28. The summed E-state index contributed by atoms with van der Waals surface area (Å²) in [4.78, 5) is 25.5. The Kier molecular flexibility index (Phi) is 5.58. The zero-order chi connectivity index (χ0) is 18.6. The molecule has 2 rings (SSSR count). The van der Waals surface area contributed by atoms with Crippen LogP contribution in [0.2, 0.25) is 0 Å². The van der Waals surface area contributed by atoms with Crippen LogP contribution in [0.15, 0.2) is 36.4 Å². The first-order chi connectivity index (χ1) is 11.7. The summed E-state index contributed by atoms with van der Waals surface area (Å²) in [7, 11) is 1.57. The third kappa shape index (κ3) is 4.45. The van der Waals surface area contributed by atoms with E-state index >= 15 is 0 Å². The van der Waals surface area contributed by atoms with Crippen molar-refractivity contribution in [3.05, 3.63) is 47.5 Å². The number of primary amides is 1. The predicted molar refractivity (Wildman–Crippen MR) is 95.1 cm³/mol. The van der Waals surface area contributed by atoms with Gasteiger partial charge in [-0.15, -0.1) is 0 Å². The van der Waals surface area contributed by atoms with Crippen LogP contribution in [0.5, 0.6) is 0 Å². The molecule has 1 aromatic rings. The van der Waals surface area contributed by atoms with Gasteiger partial charge in [-0.1, -0.05) is 24.3 Å². The molecule has 25 heavy (non-hydrogen) atoms. The van der Waals surface area contributed by atoms with Crippen molar-refractivity contribution in [2.24, 2.45) is 5.73 Å². The first-order valence-corrected chi connectivity index (χ1v) is 7.99. The number of methoxy groups -OCH3 is 1. The van der Waals surface area contributed by atoms with Crippen LogP contribution in [0, 0.1) is 5.41 Å². The van der Waals surface area contributed by atoms with Crippen LogP contribution in [-0.2, 0) is 9.53 Å². The molecule has 0 aliphatic carbocycles. The summed E-state index contributed by atoms with van der Waals surface area (Å²) in [6.45, 7) is 4.13. The molecule has 1 unspecified atom stereocenters. The highest BCUT2D eigenvalue weighted by molar-refractivity contribution is 6.00. The van der Waals surface area contributed by atoms with E-state index in [4.69, 9.17) is 15.9 Å². The van der Waals surface area contributed by atoms with Crippen molar-refractivity contribution >= 4 is 17.8 Å². The molecule has 0 spiro atoms. The summed E-state index contributed by atoms with van der Waals surface area (Å²) in [5.74, 6) is -0.677.